The predicted molar refractivity (Wildman–Crippen MR) is 130 cm³/mol. The van der Waals surface area contributed by atoms with E-state index in [2.05, 4.69) is 15.2 Å². The molecule has 0 spiro atoms. The lowest BCUT2D eigenvalue weighted by Crippen LogP contribution is -2.31. The number of amides is 1. The van der Waals surface area contributed by atoms with Gasteiger partial charge in [-0.15, -0.1) is 0 Å². The van der Waals surface area contributed by atoms with Gasteiger partial charge in [-0.1, -0.05) is 24.3 Å². The number of fused-ring (bicyclic) bond motifs is 1. The van der Waals surface area contributed by atoms with Crippen molar-refractivity contribution in [1.82, 2.24) is 15.1 Å². The quantitative estimate of drug-likeness (QED) is 0.315. The number of hydrogen-bond donors (Lipinski definition) is 2. The second-order valence-corrected chi connectivity index (χ2v) is 9.21. The number of aromatic nitrogens is 2. The molecular formula is C26H24F6N4O4. The molecule has 0 saturated heterocycles. The van der Waals surface area contributed by atoms with Gasteiger partial charge in [-0.3, -0.25) is 4.79 Å². The first-order valence-electron chi connectivity index (χ1n) is 11.9. The topological polar surface area (TPSA) is 96.7 Å². The summed E-state index contributed by atoms with van der Waals surface area (Å²) in [5.74, 6) is -1.98. The molecule has 2 N–H and O–H groups in total. The normalized spacial score (nSPS) is 16.0. The number of aliphatic hydroxyl groups is 1. The summed E-state index contributed by atoms with van der Waals surface area (Å²) in [4.78, 5) is 26.3. The molecule has 40 heavy (non-hydrogen) atoms. The number of nitrogens with one attached hydrogen (secondary N) is 1. The third-order valence-electron chi connectivity index (χ3n) is 6.48. The Morgan fingerprint density at radius 2 is 1.77 bits per heavy atom. The van der Waals surface area contributed by atoms with Crippen LogP contribution < -0.4 is 10.2 Å². The Balaban J connectivity index is 1.69. The minimum absolute atomic E-state index is 0.0853. The summed E-state index contributed by atoms with van der Waals surface area (Å²) < 4.78 is 87.3. The van der Waals surface area contributed by atoms with Crippen molar-refractivity contribution >= 4 is 17.7 Å². The van der Waals surface area contributed by atoms with Crippen LogP contribution in [-0.4, -0.2) is 47.0 Å². The van der Waals surface area contributed by atoms with Crippen molar-refractivity contribution in [2.24, 2.45) is 0 Å². The molecule has 0 radical (unpaired) electrons. The van der Waals surface area contributed by atoms with Gasteiger partial charge in [-0.2, -0.15) is 31.4 Å². The van der Waals surface area contributed by atoms with E-state index in [0.717, 1.165) is 16.8 Å². The molecule has 1 aliphatic rings. The second-order valence-electron chi connectivity index (χ2n) is 9.21. The number of aliphatic hydroxyl groups excluding tert-OH is 1. The zero-order valence-corrected chi connectivity index (χ0v) is 21.2. The van der Waals surface area contributed by atoms with E-state index >= 15 is 0 Å². The third-order valence-corrected chi connectivity index (χ3v) is 6.48. The molecule has 14 heteroatoms. The van der Waals surface area contributed by atoms with Crippen molar-refractivity contribution < 1.29 is 45.8 Å². The molecule has 0 bridgehead atoms. The highest BCUT2D eigenvalue weighted by Gasteiger charge is 2.46. The number of ether oxygens (including phenoxy) is 1. The maximum atomic E-state index is 14.0. The fourth-order valence-corrected chi connectivity index (χ4v) is 4.53. The van der Waals surface area contributed by atoms with Crippen LogP contribution in [0, 0.1) is 0 Å². The van der Waals surface area contributed by atoms with Crippen molar-refractivity contribution in [3.8, 4) is 0 Å². The highest BCUT2D eigenvalue weighted by molar-refractivity contribution is 6.01. The number of halogens is 6. The molecule has 1 amide bonds. The lowest BCUT2D eigenvalue weighted by molar-refractivity contribution is -0.142. The summed E-state index contributed by atoms with van der Waals surface area (Å²) in [6.07, 6.45) is -9.67. The van der Waals surface area contributed by atoms with Crippen LogP contribution in [0.15, 0.2) is 48.5 Å². The van der Waals surface area contributed by atoms with Gasteiger partial charge in [0.15, 0.2) is 5.69 Å². The van der Waals surface area contributed by atoms with Crippen LogP contribution in [0.3, 0.4) is 0 Å². The molecule has 1 aromatic heterocycles. The van der Waals surface area contributed by atoms with E-state index in [1.54, 1.807) is 0 Å². The number of rotatable bonds is 7. The molecule has 0 aliphatic carbocycles. The van der Waals surface area contributed by atoms with E-state index in [-0.39, 0.29) is 30.0 Å². The number of esters is 1. The zero-order valence-electron chi connectivity index (χ0n) is 21.2. The van der Waals surface area contributed by atoms with Gasteiger partial charge < -0.3 is 20.1 Å². The highest BCUT2D eigenvalue weighted by atomic mass is 19.4. The van der Waals surface area contributed by atoms with E-state index in [0.29, 0.717) is 5.56 Å². The van der Waals surface area contributed by atoms with Crippen LogP contribution in [0.4, 0.5) is 32.2 Å². The van der Waals surface area contributed by atoms with Crippen LogP contribution in [0.5, 0.6) is 0 Å². The molecule has 1 unspecified atom stereocenters. The van der Waals surface area contributed by atoms with Crippen molar-refractivity contribution in [1.29, 1.82) is 0 Å². The Morgan fingerprint density at radius 3 is 2.35 bits per heavy atom. The molecule has 3 aromatic rings. The fraction of sp³-hybridized carbons (Fsp3) is 0.346. The molecule has 4 rings (SSSR count). The van der Waals surface area contributed by atoms with Crippen LogP contribution in [-0.2, 0) is 23.6 Å². The number of carbonyl (C=O) groups excluding carboxylic acids is 2. The largest absolute Gasteiger partial charge is 0.465 e. The Kier molecular flexibility index (Phi) is 7.83. The van der Waals surface area contributed by atoms with E-state index in [1.165, 1.54) is 55.3 Å². The van der Waals surface area contributed by atoms with Gasteiger partial charge in [-0.25, -0.2) is 9.48 Å². The molecule has 214 valence electrons. The number of benzene rings is 2. The Labute approximate surface area is 224 Å². The first-order chi connectivity index (χ1) is 18.7. The Hall–Kier alpha value is -4.07. The van der Waals surface area contributed by atoms with E-state index < -0.39 is 59.7 Å². The SMILES string of the molecule is COC(=O)c1ccc(C(C)NC(=O)c2c(C(F)(F)F)nn3c2N(Cc2cccc(C(F)(F)F)c2)C[C@H]3CO)cc1. The van der Waals surface area contributed by atoms with Gasteiger partial charge in [0.1, 0.15) is 11.4 Å². The van der Waals surface area contributed by atoms with Gasteiger partial charge in [-0.05, 0) is 42.3 Å². The molecule has 0 saturated carbocycles. The van der Waals surface area contributed by atoms with Gasteiger partial charge in [0.25, 0.3) is 5.91 Å². The third kappa shape index (κ3) is 5.76. The lowest BCUT2D eigenvalue weighted by Gasteiger charge is -2.22. The Morgan fingerprint density at radius 1 is 1.10 bits per heavy atom. The maximum absolute atomic E-state index is 14.0. The zero-order chi connectivity index (χ0) is 29.4. The fourth-order valence-electron chi connectivity index (χ4n) is 4.53. The molecule has 2 atom stereocenters. The van der Waals surface area contributed by atoms with Gasteiger partial charge in [0, 0.05) is 13.1 Å². The number of hydrogen-bond acceptors (Lipinski definition) is 6. The monoisotopic (exact) mass is 570 g/mol. The Bertz CT molecular complexity index is 1400. The van der Waals surface area contributed by atoms with Crippen molar-refractivity contribution in [3.63, 3.8) is 0 Å². The average molecular weight is 570 g/mol. The number of anilines is 1. The average Bonchev–Trinajstić information content (AvgIpc) is 3.46. The smallest absolute Gasteiger partial charge is 0.436 e. The molecule has 2 aromatic carbocycles. The molecule has 0 fully saturated rings. The van der Waals surface area contributed by atoms with E-state index in [9.17, 15) is 41.0 Å². The van der Waals surface area contributed by atoms with Crippen LogP contribution >= 0.6 is 0 Å². The number of alkyl halides is 6. The minimum atomic E-state index is -5.04. The van der Waals surface area contributed by atoms with Gasteiger partial charge >= 0.3 is 18.3 Å². The summed E-state index contributed by atoms with van der Waals surface area (Å²) in [6.45, 7) is 0.556. The molecular weight excluding hydrogens is 546 g/mol. The van der Waals surface area contributed by atoms with E-state index in [4.69, 9.17) is 0 Å². The maximum Gasteiger partial charge on any atom is 0.436 e. The van der Waals surface area contributed by atoms with Crippen LogP contribution in [0.2, 0.25) is 0 Å². The van der Waals surface area contributed by atoms with E-state index in [1.807, 2.05) is 0 Å². The number of nitrogens with zero attached hydrogens (tertiary/aromatic N) is 3. The first-order valence-corrected chi connectivity index (χ1v) is 11.9. The van der Waals surface area contributed by atoms with Crippen molar-refractivity contribution in [2.75, 3.05) is 25.2 Å². The summed E-state index contributed by atoms with van der Waals surface area (Å²) in [6, 6.07) is 8.42. The van der Waals surface area contributed by atoms with Crippen LogP contribution in [0.25, 0.3) is 0 Å². The predicted octanol–water partition coefficient (Wildman–Crippen LogP) is 4.75. The first kappa shape index (κ1) is 28.9. The standard InChI is InChI=1S/C26H24F6N4O4/c1-14(16-6-8-17(9-7-16)24(39)40-2)33-22(38)20-21(26(30,31)32)34-36-19(13-37)12-35(23(20)36)11-15-4-3-5-18(10-15)25(27,28)29/h3-10,14,19,37H,11-13H2,1-2H3,(H,33,38)/t14?,19-/m0/s1. The van der Waals surface area contributed by atoms with Gasteiger partial charge in [0.05, 0.1) is 36.9 Å². The van der Waals surface area contributed by atoms with Crippen molar-refractivity contribution in [3.05, 3.63) is 82.0 Å². The number of methoxy groups -OCH3 is 1. The summed E-state index contributed by atoms with van der Waals surface area (Å²) in [5, 5.41) is 15.9. The second kappa shape index (κ2) is 10.8. The summed E-state index contributed by atoms with van der Waals surface area (Å²) in [5.41, 5.74) is -2.38. The van der Waals surface area contributed by atoms with Crippen LogP contribution in [0.1, 0.15) is 62.1 Å². The molecule has 2 heterocycles. The molecule has 8 nitrogen and oxygen atoms in total. The highest BCUT2D eigenvalue weighted by Crippen LogP contribution is 2.41. The summed E-state index contributed by atoms with van der Waals surface area (Å²) in [7, 11) is 1.21. The van der Waals surface area contributed by atoms with Crippen molar-refractivity contribution in [2.45, 2.75) is 37.9 Å². The lowest BCUT2D eigenvalue weighted by atomic mass is 10.1. The molecule has 1 aliphatic heterocycles. The summed E-state index contributed by atoms with van der Waals surface area (Å²) >= 11 is 0. The number of carbonyl (C=O) groups is 2. The van der Waals surface area contributed by atoms with Gasteiger partial charge in [0.2, 0.25) is 0 Å². The minimum Gasteiger partial charge on any atom is -0.465 e.